The first-order valence-corrected chi connectivity index (χ1v) is 28.2. The Kier molecular flexibility index (Phi) is 52.9. The predicted octanol–water partition coefficient (Wildman–Crippen LogP) is 18.9. The molecule has 1 atom stereocenters. The summed E-state index contributed by atoms with van der Waals surface area (Å²) in [6.45, 7) is 6.45. The van der Waals surface area contributed by atoms with E-state index in [4.69, 9.17) is 14.2 Å². The summed E-state index contributed by atoms with van der Waals surface area (Å²) in [6, 6.07) is 0. The van der Waals surface area contributed by atoms with Crippen molar-refractivity contribution in [1.82, 2.24) is 0 Å². The molecule has 0 fully saturated rings. The van der Waals surface area contributed by atoms with Crippen molar-refractivity contribution < 1.29 is 28.6 Å². The lowest BCUT2D eigenvalue weighted by Gasteiger charge is -2.18. The Morgan fingerprint density at radius 3 is 0.956 bits per heavy atom. The number of allylic oxidation sites excluding steroid dienone is 16. The van der Waals surface area contributed by atoms with Gasteiger partial charge in [-0.05, 0) is 122 Å². The average Bonchev–Trinajstić information content (AvgIpc) is 3.34. The number of unbranched alkanes of at least 4 members (excludes halogenated alkanes) is 23. The summed E-state index contributed by atoms with van der Waals surface area (Å²) in [5, 5.41) is 0. The highest BCUT2D eigenvalue weighted by Crippen LogP contribution is 2.14. The molecule has 0 aromatic carbocycles. The van der Waals surface area contributed by atoms with Gasteiger partial charge in [0.2, 0.25) is 0 Å². The van der Waals surface area contributed by atoms with Crippen LogP contribution in [0.25, 0.3) is 0 Å². The van der Waals surface area contributed by atoms with Crippen LogP contribution in [-0.2, 0) is 28.6 Å². The molecule has 0 aliphatic heterocycles. The van der Waals surface area contributed by atoms with Gasteiger partial charge in [0.1, 0.15) is 13.2 Å². The minimum atomic E-state index is -0.803. The number of carbonyl (C=O) groups is 3. The zero-order valence-corrected chi connectivity index (χ0v) is 44.3. The van der Waals surface area contributed by atoms with Crippen molar-refractivity contribution in [3.8, 4) is 0 Å². The number of carbonyl (C=O) groups excluding carboxylic acids is 3. The van der Waals surface area contributed by atoms with Crippen LogP contribution in [-0.4, -0.2) is 37.2 Å². The lowest BCUT2D eigenvalue weighted by molar-refractivity contribution is -0.167. The molecule has 0 unspecified atom stereocenters. The molecule has 0 radical (unpaired) electrons. The molecule has 388 valence electrons. The molecular formula is C62H104O6. The van der Waals surface area contributed by atoms with E-state index in [1.165, 1.54) is 83.5 Å². The van der Waals surface area contributed by atoms with Gasteiger partial charge in [0.05, 0.1) is 0 Å². The van der Waals surface area contributed by atoms with E-state index in [0.717, 1.165) is 135 Å². The average molecular weight is 946 g/mol. The van der Waals surface area contributed by atoms with E-state index in [0.29, 0.717) is 19.3 Å². The summed E-state index contributed by atoms with van der Waals surface area (Å²) >= 11 is 0. The molecule has 0 amide bonds. The van der Waals surface area contributed by atoms with E-state index in [2.05, 4.69) is 118 Å². The fourth-order valence-corrected chi connectivity index (χ4v) is 7.55. The molecular weight excluding hydrogens is 841 g/mol. The molecule has 0 aromatic heterocycles. The molecule has 0 spiro atoms. The highest BCUT2D eigenvalue weighted by Gasteiger charge is 2.19. The van der Waals surface area contributed by atoms with Crippen molar-refractivity contribution in [1.29, 1.82) is 0 Å². The molecule has 0 saturated carbocycles. The van der Waals surface area contributed by atoms with Crippen LogP contribution in [0.2, 0.25) is 0 Å². The molecule has 68 heavy (non-hydrogen) atoms. The summed E-state index contributed by atoms with van der Waals surface area (Å²) < 4.78 is 16.8. The third-order valence-electron chi connectivity index (χ3n) is 11.8. The van der Waals surface area contributed by atoms with E-state index in [9.17, 15) is 14.4 Å². The van der Waals surface area contributed by atoms with Crippen LogP contribution >= 0.6 is 0 Å². The molecule has 0 heterocycles. The quantitative estimate of drug-likeness (QED) is 0.0262. The first-order chi connectivity index (χ1) is 33.5. The Morgan fingerprint density at radius 1 is 0.309 bits per heavy atom. The lowest BCUT2D eigenvalue weighted by Crippen LogP contribution is -2.30. The Balaban J connectivity index is 4.49. The number of hydrogen-bond acceptors (Lipinski definition) is 6. The highest BCUT2D eigenvalue weighted by molar-refractivity contribution is 5.71. The minimum Gasteiger partial charge on any atom is -0.462 e. The standard InChI is InChI=1S/C62H104O6/c1-4-7-10-13-16-19-22-25-28-30-31-32-35-37-40-43-46-49-52-55-61(64)67-58-59(57-66-60(63)54-51-48-45-42-39-36-33-27-24-21-18-15-12-9-6-3)68-62(65)56-53-50-47-44-41-38-34-29-26-23-20-17-14-11-8-5-2/h7,10,16,18-19,21,25,27-29,31-34,37,40,59H,4-6,8-9,11-15,17,20,22-24,26,30,35-36,38-39,41-58H2,1-3H3/b10-7-,19-16-,21-18-,28-25-,32-31-,33-27-,34-29-,40-37-/t59-/m1/s1. The maximum atomic E-state index is 12.8. The van der Waals surface area contributed by atoms with E-state index >= 15 is 0 Å². The maximum Gasteiger partial charge on any atom is 0.306 e. The number of rotatable bonds is 50. The summed E-state index contributed by atoms with van der Waals surface area (Å²) in [5.74, 6) is -0.951. The fraction of sp³-hybridized carbons (Fsp3) is 0.694. The molecule has 0 saturated heterocycles. The van der Waals surface area contributed by atoms with Crippen LogP contribution in [0.1, 0.15) is 258 Å². The molecule has 6 heteroatoms. The highest BCUT2D eigenvalue weighted by atomic mass is 16.6. The van der Waals surface area contributed by atoms with Crippen molar-refractivity contribution in [3.05, 3.63) is 97.2 Å². The second-order valence-electron chi connectivity index (χ2n) is 18.5. The van der Waals surface area contributed by atoms with E-state index in [1.54, 1.807) is 0 Å². The fourth-order valence-electron chi connectivity index (χ4n) is 7.55. The smallest absolute Gasteiger partial charge is 0.306 e. The number of ether oxygens (including phenoxy) is 3. The van der Waals surface area contributed by atoms with Gasteiger partial charge in [-0.1, -0.05) is 214 Å². The molecule has 0 rings (SSSR count). The van der Waals surface area contributed by atoms with Gasteiger partial charge in [0, 0.05) is 19.3 Å². The first kappa shape index (κ1) is 64.3. The van der Waals surface area contributed by atoms with E-state index in [-0.39, 0.29) is 31.1 Å². The summed E-state index contributed by atoms with van der Waals surface area (Å²) in [7, 11) is 0. The Bertz CT molecular complexity index is 1360. The van der Waals surface area contributed by atoms with Crippen LogP contribution < -0.4 is 0 Å². The third kappa shape index (κ3) is 53.3. The van der Waals surface area contributed by atoms with Crippen molar-refractivity contribution >= 4 is 17.9 Å². The van der Waals surface area contributed by atoms with Crippen LogP contribution in [0, 0.1) is 0 Å². The molecule has 0 bridgehead atoms. The van der Waals surface area contributed by atoms with Crippen LogP contribution in [0.5, 0.6) is 0 Å². The molecule has 6 nitrogen and oxygen atoms in total. The minimum absolute atomic E-state index is 0.0994. The van der Waals surface area contributed by atoms with E-state index in [1.807, 2.05) is 0 Å². The van der Waals surface area contributed by atoms with Gasteiger partial charge >= 0.3 is 17.9 Å². The van der Waals surface area contributed by atoms with E-state index < -0.39 is 6.10 Å². The topological polar surface area (TPSA) is 78.9 Å². The van der Waals surface area contributed by atoms with Gasteiger partial charge in [0.25, 0.3) is 0 Å². The Labute approximate surface area is 419 Å². The largest absolute Gasteiger partial charge is 0.462 e. The third-order valence-corrected chi connectivity index (χ3v) is 11.8. The zero-order chi connectivity index (χ0) is 49.3. The zero-order valence-electron chi connectivity index (χ0n) is 44.3. The molecule has 0 aromatic rings. The monoisotopic (exact) mass is 945 g/mol. The summed E-state index contributed by atoms with van der Waals surface area (Å²) in [4.78, 5) is 38.1. The number of hydrogen-bond donors (Lipinski definition) is 0. The summed E-state index contributed by atoms with van der Waals surface area (Å²) in [6.07, 6.45) is 73.9. The van der Waals surface area contributed by atoms with Crippen LogP contribution in [0.15, 0.2) is 97.2 Å². The predicted molar refractivity (Wildman–Crippen MR) is 293 cm³/mol. The second-order valence-corrected chi connectivity index (χ2v) is 18.5. The van der Waals surface area contributed by atoms with Crippen molar-refractivity contribution in [2.45, 2.75) is 264 Å². The van der Waals surface area contributed by atoms with Gasteiger partial charge in [-0.3, -0.25) is 14.4 Å². The van der Waals surface area contributed by atoms with Gasteiger partial charge in [-0.15, -0.1) is 0 Å². The number of esters is 3. The van der Waals surface area contributed by atoms with Crippen LogP contribution in [0.3, 0.4) is 0 Å². The van der Waals surface area contributed by atoms with Crippen molar-refractivity contribution in [2.24, 2.45) is 0 Å². The lowest BCUT2D eigenvalue weighted by atomic mass is 10.1. The van der Waals surface area contributed by atoms with Crippen molar-refractivity contribution in [3.63, 3.8) is 0 Å². The molecule has 0 N–H and O–H groups in total. The van der Waals surface area contributed by atoms with Gasteiger partial charge < -0.3 is 14.2 Å². The summed E-state index contributed by atoms with van der Waals surface area (Å²) in [5.41, 5.74) is 0. The Hall–Kier alpha value is -3.67. The maximum absolute atomic E-state index is 12.8. The van der Waals surface area contributed by atoms with Crippen LogP contribution in [0.4, 0.5) is 0 Å². The first-order valence-electron chi connectivity index (χ1n) is 28.2. The van der Waals surface area contributed by atoms with Gasteiger partial charge in [-0.25, -0.2) is 0 Å². The Morgan fingerprint density at radius 2 is 0.574 bits per heavy atom. The second kappa shape index (κ2) is 55.9. The molecule has 0 aliphatic rings. The van der Waals surface area contributed by atoms with Gasteiger partial charge in [-0.2, -0.15) is 0 Å². The SMILES string of the molecule is CC/C=C\C/C=C\C/C=C\C/C=C\C/C=C\CCCCCC(=O)OC[C@@H](COC(=O)CCCCCCC/C=C\C/C=C\CCCCC)OC(=O)CCCCCCC/C=C\CCCCCCCCC. The van der Waals surface area contributed by atoms with Gasteiger partial charge in [0.15, 0.2) is 6.10 Å². The van der Waals surface area contributed by atoms with Crippen molar-refractivity contribution in [2.75, 3.05) is 13.2 Å². The normalized spacial score (nSPS) is 12.8. The molecule has 0 aliphatic carbocycles.